The molecule has 2 aliphatic heterocycles. The van der Waals surface area contributed by atoms with Crippen molar-refractivity contribution in [2.45, 2.75) is 45.6 Å². The number of halogens is 2. The average molecular weight is 616 g/mol. The highest BCUT2D eigenvalue weighted by molar-refractivity contribution is 5.91. The Morgan fingerprint density at radius 3 is 2.71 bits per heavy atom. The SMILES string of the molecule is C=CC(=O)N1CCN(c2nc(=O)n3c4nc(c(F)cc24)-c2cc(ccc2F)NCCCCOc2cnc(C(C)C)c-3c2)[C@@H](C)C1. The maximum absolute atomic E-state index is 16.1. The van der Waals surface area contributed by atoms with Crippen molar-refractivity contribution < 1.29 is 18.3 Å². The Morgan fingerprint density at radius 2 is 1.96 bits per heavy atom. The fourth-order valence-corrected chi connectivity index (χ4v) is 5.95. The monoisotopic (exact) mass is 615 g/mol. The third kappa shape index (κ3) is 5.72. The maximum atomic E-state index is 16.1. The van der Waals surface area contributed by atoms with Crippen molar-refractivity contribution in [3.63, 3.8) is 0 Å². The first-order valence-corrected chi connectivity index (χ1v) is 15.1. The molecule has 1 N–H and O–H groups in total. The van der Waals surface area contributed by atoms with Crippen LogP contribution in [0, 0.1) is 11.6 Å². The Kier molecular flexibility index (Phi) is 8.22. The van der Waals surface area contributed by atoms with Crippen molar-refractivity contribution in [2.75, 3.05) is 43.0 Å². The van der Waals surface area contributed by atoms with E-state index >= 15 is 8.78 Å². The van der Waals surface area contributed by atoms with Gasteiger partial charge in [0, 0.05) is 49.5 Å². The quantitative estimate of drug-likeness (QED) is 0.319. The molecule has 5 heterocycles. The first-order chi connectivity index (χ1) is 21.7. The number of nitrogens with one attached hydrogen (secondary N) is 1. The standard InChI is InChI=1S/C33H35F2N7O3/c1-5-28(43)40-11-12-41(20(4)18-40)31-24-16-26(35)30-23-14-21(8-9-25(23)34)36-10-6-7-13-45-22-15-27(29(19(2)3)37-17-22)42(32(24)38-30)33(44)39-31/h5,8-9,14-17,19-20,36H,1,6-7,10-13,18H2,2-4H3/t20-/m0/s1. The molecule has 4 aromatic rings. The van der Waals surface area contributed by atoms with Gasteiger partial charge >= 0.3 is 5.69 Å². The van der Waals surface area contributed by atoms with E-state index in [-0.39, 0.29) is 46.0 Å². The summed E-state index contributed by atoms with van der Waals surface area (Å²) in [5.41, 5.74) is 0.789. The number of piperazine rings is 1. The molecule has 2 aliphatic rings. The van der Waals surface area contributed by atoms with Crippen LogP contribution < -0.4 is 20.6 Å². The highest BCUT2D eigenvalue weighted by Gasteiger charge is 2.30. The lowest BCUT2D eigenvalue weighted by atomic mass is 10.1. The number of carbonyl (C=O) groups excluding carboxylic acids is 1. The van der Waals surface area contributed by atoms with E-state index in [9.17, 15) is 9.59 Å². The van der Waals surface area contributed by atoms with Crippen molar-refractivity contribution in [2.24, 2.45) is 0 Å². The molecule has 1 amide bonds. The predicted octanol–water partition coefficient (Wildman–Crippen LogP) is 5.05. The number of rotatable bonds is 3. The fraction of sp³-hybridized carbons (Fsp3) is 0.364. The molecular formula is C33H35F2N7O3. The number of nitrogens with zero attached hydrogens (tertiary/aromatic N) is 6. The van der Waals surface area contributed by atoms with Crippen LogP contribution in [0.15, 0.2) is 54.0 Å². The lowest BCUT2D eigenvalue weighted by molar-refractivity contribution is -0.126. The largest absolute Gasteiger partial charge is 0.492 e. The van der Waals surface area contributed by atoms with E-state index in [1.807, 2.05) is 25.7 Å². The van der Waals surface area contributed by atoms with Gasteiger partial charge in [0.1, 0.15) is 28.9 Å². The van der Waals surface area contributed by atoms with Crippen LogP contribution in [0.1, 0.15) is 45.2 Å². The number of fused-ring (bicyclic) bond motifs is 7. The van der Waals surface area contributed by atoms with Gasteiger partial charge in [0.05, 0.1) is 29.6 Å². The van der Waals surface area contributed by atoms with E-state index in [0.29, 0.717) is 55.6 Å². The Bertz CT molecular complexity index is 1860. The van der Waals surface area contributed by atoms with E-state index < -0.39 is 17.3 Å². The van der Waals surface area contributed by atoms with Gasteiger partial charge in [0.25, 0.3) is 0 Å². The second-order valence-electron chi connectivity index (χ2n) is 11.7. The van der Waals surface area contributed by atoms with Crippen molar-refractivity contribution in [1.29, 1.82) is 0 Å². The van der Waals surface area contributed by atoms with E-state index in [0.717, 1.165) is 12.8 Å². The molecule has 3 aromatic heterocycles. The Morgan fingerprint density at radius 1 is 1.13 bits per heavy atom. The first kappa shape index (κ1) is 30.2. The van der Waals surface area contributed by atoms with Gasteiger partial charge in [-0.05, 0) is 56.0 Å². The number of hydrogen-bond acceptors (Lipinski definition) is 8. The van der Waals surface area contributed by atoms with Crippen LogP contribution in [-0.2, 0) is 4.79 Å². The molecule has 6 rings (SSSR count). The summed E-state index contributed by atoms with van der Waals surface area (Å²) >= 11 is 0. The van der Waals surface area contributed by atoms with Crippen LogP contribution in [0.5, 0.6) is 5.75 Å². The van der Waals surface area contributed by atoms with Gasteiger partial charge in [-0.3, -0.25) is 9.78 Å². The summed E-state index contributed by atoms with van der Waals surface area (Å²) in [7, 11) is 0. The second-order valence-corrected chi connectivity index (χ2v) is 11.7. The van der Waals surface area contributed by atoms with Crippen LogP contribution in [0.4, 0.5) is 20.3 Å². The zero-order valence-corrected chi connectivity index (χ0v) is 25.5. The molecule has 1 saturated heterocycles. The van der Waals surface area contributed by atoms with Gasteiger partial charge in [-0.25, -0.2) is 23.1 Å². The van der Waals surface area contributed by atoms with Crippen molar-refractivity contribution in [3.05, 3.63) is 77.0 Å². The van der Waals surface area contributed by atoms with Gasteiger partial charge in [0.2, 0.25) is 5.91 Å². The van der Waals surface area contributed by atoms with Gasteiger partial charge in [-0.2, -0.15) is 4.98 Å². The predicted molar refractivity (Wildman–Crippen MR) is 169 cm³/mol. The number of anilines is 2. The molecule has 12 heteroatoms. The Balaban J connectivity index is 1.64. The summed E-state index contributed by atoms with van der Waals surface area (Å²) in [5, 5.41) is 3.52. The molecule has 0 spiro atoms. The molecule has 0 unspecified atom stereocenters. The molecule has 1 aromatic carbocycles. The minimum Gasteiger partial charge on any atom is -0.492 e. The zero-order valence-electron chi connectivity index (χ0n) is 25.5. The van der Waals surface area contributed by atoms with Crippen LogP contribution in [0.3, 0.4) is 0 Å². The van der Waals surface area contributed by atoms with Crippen LogP contribution in [0.2, 0.25) is 0 Å². The second kappa shape index (κ2) is 12.3. The van der Waals surface area contributed by atoms with Gasteiger partial charge in [-0.15, -0.1) is 0 Å². The summed E-state index contributed by atoms with van der Waals surface area (Å²) in [5.74, 6) is -1.00. The number of aromatic nitrogens is 4. The fourth-order valence-electron chi connectivity index (χ4n) is 5.95. The summed E-state index contributed by atoms with van der Waals surface area (Å²) < 4.78 is 38.8. The molecule has 1 atom stereocenters. The molecule has 0 saturated carbocycles. The summed E-state index contributed by atoms with van der Waals surface area (Å²) in [6.45, 7) is 11.5. The highest BCUT2D eigenvalue weighted by atomic mass is 19.1. The average Bonchev–Trinajstić information content (AvgIpc) is 3.02. The molecule has 0 aliphatic carbocycles. The third-order valence-corrected chi connectivity index (χ3v) is 8.24. The molecule has 10 nitrogen and oxygen atoms in total. The number of ether oxygens (including phenoxy) is 1. The molecular weight excluding hydrogens is 580 g/mol. The molecule has 0 radical (unpaired) electrons. The zero-order chi connectivity index (χ0) is 31.8. The van der Waals surface area contributed by atoms with Gasteiger partial charge in [-0.1, -0.05) is 20.4 Å². The summed E-state index contributed by atoms with van der Waals surface area (Å²) in [4.78, 5) is 43.7. The summed E-state index contributed by atoms with van der Waals surface area (Å²) in [6, 6.07) is 7.12. The van der Waals surface area contributed by atoms with Gasteiger partial charge < -0.3 is 19.9 Å². The number of amides is 1. The Hall–Kier alpha value is -4.87. The van der Waals surface area contributed by atoms with Gasteiger partial charge in [0.15, 0.2) is 5.65 Å². The van der Waals surface area contributed by atoms with Crippen LogP contribution >= 0.6 is 0 Å². The van der Waals surface area contributed by atoms with Crippen LogP contribution in [-0.4, -0.2) is 69.2 Å². The first-order valence-electron chi connectivity index (χ1n) is 15.1. The lowest BCUT2D eigenvalue weighted by Crippen LogP contribution is -2.54. The normalized spacial score (nSPS) is 16.9. The molecule has 6 bridgehead atoms. The van der Waals surface area contributed by atoms with Crippen molar-refractivity contribution in [3.8, 4) is 22.7 Å². The van der Waals surface area contributed by atoms with E-state index in [1.165, 1.54) is 28.8 Å². The van der Waals surface area contributed by atoms with Crippen molar-refractivity contribution in [1.82, 2.24) is 24.4 Å². The smallest absolute Gasteiger partial charge is 0.355 e. The third-order valence-electron chi connectivity index (χ3n) is 8.24. The number of hydrogen-bond donors (Lipinski definition) is 1. The highest BCUT2D eigenvalue weighted by Crippen LogP contribution is 2.35. The maximum Gasteiger partial charge on any atom is 0.355 e. The van der Waals surface area contributed by atoms with E-state index in [1.54, 1.807) is 23.2 Å². The Labute approximate surface area is 259 Å². The molecule has 234 valence electrons. The van der Waals surface area contributed by atoms with Crippen molar-refractivity contribution >= 4 is 28.4 Å². The van der Waals surface area contributed by atoms with E-state index in [4.69, 9.17) is 4.74 Å². The minimum absolute atomic E-state index is 0.0342. The topological polar surface area (TPSA) is 105 Å². The summed E-state index contributed by atoms with van der Waals surface area (Å²) in [6.07, 6.45) is 4.41. The number of benzene rings is 1. The number of carbonyl (C=O) groups is 1. The van der Waals surface area contributed by atoms with E-state index in [2.05, 4.69) is 26.8 Å². The minimum atomic E-state index is -0.764. The number of pyridine rings is 2. The van der Waals surface area contributed by atoms with Crippen LogP contribution in [0.25, 0.3) is 28.0 Å². The lowest BCUT2D eigenvalue weighted by Gasteiger charge is -2.40. The molecule has 1 fully saturated rings. The molecule has 45 heavy (non-hydrogen) atoms.